The Morgan fingerprint density at radius 1 is 1.30 bits per heavy atom. The van der Waals surface area contributed by atoms with Crippen LogP contribution < -0.4 is 5.73 Å². The molecule has 1 saturated heterocycles. The van der Waals surface area contributed by atoms with E-state index >= 15 is 0 Å². The monoisotopic (exact) mass is 398 g/mol. The van der Waals surface area contributed by atoms with Crippen LogP contribution in [0.2, 0.25) is 0 Å². The average molecular weight is 398 g/mol. The third-order valence-electron chi connectivity index (χ3n) is 5.10. The Labute approximate surface area is 155 Å². The fourth-order valence-corrected chi connectivity index (χ4v) is 4.30. The Kier molecular flexibility index (Phi) is 4.53. The molecule has 1 aromatic carbocycles. The minimum Gasteiger partial charge on any atom is -0.370 e. The van der Waals surface area contributed by atoms with Crippen LogP contribution in [-0.4, -0.2) is 47.4 Å². The topological polar surface area (TPSA) is 90.5 Å². The predicted molar refractivity (Wildman–Crippen MR) is 93.1 cm³/mol. The minimum atomic E-state index is -3.40. The third kappa shape index (κ3) is 3.49. The molecule has 3 heterocycles. The Hall–Kier alpha value is -1.88. The van der Waals surface area contributed by atoms with Gasteiger partial charge in [-0.3, -0.25) is 4.90 Å². The summed E-state index contributed by atoms with van der Waals surface area (Å²) in [6, 6.07) is 2.78. The van der Waals surface area contributed by atoms with Crippen molar-refractivity contribution in [3.8, 4) is 0 Å². The fraction of sp³-hybridized carbons (Fsp3) is 0.471. The Morgan fingerprint density at radius 2 is 2.07 bits per heavy atom. The summed E-state index contributed by atoms with van der Waals surface area (Å²) in [4.78, 5) is 2.11. The van der Waals surface area contributed by atoms with Crippen LogP contribution in [0.3, 0.4) is 0 Å². The lowest BCUT2D eigenvalue weighted by Crippen LogP contribution is -2.47. The van der Waals surface area contributed by atoms with E-state index in [4.69, 9.17) is 10.5 Å². The van der Waals surface area contributed by atoms with Crippen LogP contribution in [0.15, 0.2) is 24.4 Å². The van der Waals surface area contributed by atoms with Crippen LogP contribution in [0, 0.1) is 11.6 Å². The van der Waals surface area contributed by atoms with Gasteiger partial charge in [-0.15, -0.1) is 0 Å². The second-order valence-corrected chi connectivity index (χ2v) is 8.95. The fourth-order valence-electron chi connectivity index (χ4n) is 3.73. The molecule has 2 aromatic rings. The highest BCUT2D eigenvalue weighted by molar-refractivity contribution is 7.89. The number of halogens is 2. The van der Waals surface area contributed by atoms with Gasteiger partial charge in [0.15, 0.2) is 0 Å². The first-order valence-corrected chi connectivity index (χ1v) is 10.4. The van der Waals surface area contributed by atoms with Crippen LogP contribution in [0.25, 0.3) is 0 Å². The molecular formula is C17H20F2N4O3S. The molecule has 0 saturated carbocycles. The molecule has 0 radical (unpaired) electrons. The van der Waals surface area contributed by atoms with Gasteiger partial charge in [0, 0.05) is 42.5 Å². The van der Waals surface area contributed by atoms with Gasteiger partial charge in [0.05, 0.1) is 18.6 Å². The Morgan fingerprint density at radius 3 is 2.74 bits per heavy atom. The molecule has 1 unspecified atom stereocenters. The van der Waals surface area contributed by atoms with E-state index in [1.54, 1.807) is 0 Å². The van der Waals surface area contributed by atoms with Gasteiger partial charge in [-0.2, -0.15) is 9.19 Å². The lowest BCUT2D eigenvalue weighted by Gasteiger charge is -2.38. The zero-order valence-corrected chi connectivity index (χ0v) is 15.5. The molecule has 0 aliphatic carbocycles. The minimum absolute atomic E-state index is 0.00578. The normalized spacial score (nSPS) is 26.3. The van der Waals surface area contributed by atoms with Crippen LogP contribution in [0.4, 0.5) is 8.78 Å². The summed E-state index contributed by atoms with van der Waals surface area (Å²) in [5.74, 6) is -1.07. The van der Waals surface area contributed by atoms with Gasteiger partial charge >= 0.3 is 0 Å². The second-order valence-electron chi connectivity index (χ2n) is 7.11. The van der Waals surface area contributed by atoms with E-state index in [-0.39, 0.29) is 11.6 Å². The summed E-state index contributed by atoms with van der Waals surface area (Å²) in [6.07, 6.45) is 2.49. The lowest BCUT2D eigenvalue weighted by atomic mass is 9.93. The summed E-state index contributed by atoms with van der Waals surface area (Å²) in [6.45, 7) is 1.37. The van der Waals surface area contributed by atoms with Crippen LogP contribution in [-0.2, 0) is 27.8 Å². The van der Waals surface area contributed by atoms with E-state index in [0.717, 1.165) is 34.1 Å². The summed E-state index contributed by atoms with van der Waals surface area (Å²) >= 11 is 0. The van der Waals surface area contributed by atoms with Crippen molar-refractivity contribution in [2.75, 3.05) is 12.9 Å². The van der Waals surface area contributed by atoms with Gasteiger partial charge in [0.25, 0.3) is 10.0 Å². The lowest BCUT2D eigenvalue weighted by molar-refractivity contribution is -0.0533. The average Bonchev–Trinajstić information content (AvgIpc) is 3.16. The number of nitrogens with zero attached hydrogens (tertiary/aromatic N) is 3. The first kappa shape index (κ1) is 18.5. The van der Waals surface area contributed by atoms with E-state index in [9.17, 15) is 17.2 Å². The number of hydrogen-bond acceptors (Lipinski definition) is 6. The zero-order chi connectivity index (χ0) is 19.3. The second kappa shape index (κ2) is 6.62. The number of aromatic nitrogens is 2. The van der Waals surface area contributed by atoms with E-state index in [2.05, 4.69) is 10.00 Å². The van der Waals surface area contributed by atoms with Gasteiger partial charge in [0.2, 0.25) is 0 Å². The molecule has 0 spiro atoms. The molecular weight excluding hydrogens is 378 g/mol. The summed E-state index contributed by atoms with van der Waals surface area (Å²) in [5.41, 5.74) is 7.91. The largest absolute Gasteiger partial charge is 0.370 e. The maximum atomic E-state index is 14.0. The van der Waals surface area contributed by atoms with Crippen molar-refractivity contribution in [1.29, 1.82) is 0 Å². The quantitative estimate of drug-likeness (QED) is 0.834. The van der Waals surface area contributed by atoms with Crippen molar-refractivity contribution >= 4 is 10.0 Å². The van der Waals surface area contributed by atoms with Crippen LogP contribution >= 0.6 is 0 Å². The molecule has 146 valence electrons. The first-order valence-electron chi connectivity index (χ1n) is 8.56. The Bertz CT molecular complexity index is 955. The molecule has 4 rings (SSSR count). The Balaban J connectivity index is 1.44. The van der Waals surface area contributed by atoms with E-state index in [0.29, 0.717) is 31.8 Å². The highest BCUT2D eigenvalue weighted by Crippen LogP contribution is 2.34. The highest BCUT2D eigenvalue weighted by atomic mass is 32.2. The summed E-state index contributed by atoms with van der Waals surface area (Å²) in [5, 5.41) is 4.13. The molecule has 7 nitrogen and oxygen atoms in total. The standard InChI is InChI=1S/C17H20F2N4O3S/c1-27(24,25)23-7-10-6-22(8-16(10)21-23)12-5-15(20)17(26-9-12)13-4-11(18)2-3-14(13)19/h2-4,7,12,15,17H,5-6,8-9,20H2,1H3/t12-,15+,17?/m1/s1. The molecule has 27 heavy (non-hydrogen) atoms. The number of benzene rings is 1. The molecule has 0 amide bonds. The molecule has 2 aliphatic rings. The van der Waals surface area contributed by atoms with Crippen molar-refractivity contribution in [2.45, 2.75) is 37.7 Å². The van der Waals surface area contributed by atoms with Crippen molar-refractivity contribution in [2.24, 2.45) is 5.73 Å². The molecule has 1 aromatic heterocycles. The highest BCUT2D eigenvalue weighted by Gasteiger charge is 2.37. The van der Waals surface area contributed by atoms with Gasteiger partial charge in [0.1, 0.15) is 17.7 Å². The van der Waals surface area contributed by atoms with Crippen LogP contribution in [0.5, 0.6) is 0 Å². The van der Waals surface area contributed by atoms with Gasteiger partial charge in [-0.05, 0) is 24.6 Å². The van der Waals surface area contributed by atoms with Crippen molar-refractivity contribution in [3.05, 3.63) is 52.9 Å². The molecule has 10 heteroatoms. The van der Waals surface area contributed by atoms with Crippen molar-refractivity contribution in [3.63, 3.8) is 0 Å². The van der Waals surface area contributed by atoms with E-state index in [1.165, 1.54) is 6.20 Å². The van der Waals surface area contributed by atoms with Crippen molar-refractivity contribution in [1.82, 2.24) is 14.1 Å². The zero-order valence-electron chi connectivity index (χ0n) is 14.7. The van der Waals surface area contributed by atoms with Crippen molar-refractivity contribution < 1.29 is 21.9 Å². The SMILES string of the molecule is CS(=O)(=O)n1cc2c(n1)CN([C@H]1COC(c3cc(F)ccc3F)[C@@H](N)C1)C2. The summed E-state index contributed by atoms with van der Waals surface area (Å²) < 4.78 is 57.4. The number of nitrogens with two attached hydrogens (primary N) is 1. The molecule has 1 fully saturated rings. The third-order valence-corrected chi connectivity index (χ3v) is 5.97. The van der Waals surface area contributed by atoms with Crippen LogP contribution in [0.1, 0.15) is 29.3 Å². The molecule has 3 atom stereocenters. The maximum Gasteiger partial charge on any atom is 0.250 e. The number of hydrogen-bond donors (Lipinski definition) is 1. The predicted octanol–water partition coefficient (Wildman–Crippen LogP) is 1.14. The summed E-state index contributed by atoms with van der Waals surface area (Å²) in [7, 11) is -3.40. The van der Waals surface area contributed by atoms with Gasteiger partial charge in [-0.1, -0.05) is 0 Å². The van der Waals surface area contributed by atoms with E-state index in [1.807, 2.05) is 0 Å². The molecule has 0 bridgehead atoms. The molecule has 2 aliphatic heterocycles. The molecule has 2 N–H and O–H groups in total. The number of ether oxygens (including phenoxy) is 1. The number of fused-ring (bicyclic) bond motifs is 1. The van der Waals surface area contributed by atoms with Gasteiger partial charge < -0.3 is 10.5 Å². The van der Waals surface area contributed by atoms with Gasteiger partial charge in [-0.25, -0.2) is 17.2 Å². The van der Waals surface area contributed by atoms with E-state index < -0.39 is 33.8 Å². The maximum absolute atomic E-state index is 14.0. The smallest absolute Gasteiger partial charge is 0.250 e. The number of rotatable bonds is 3. The first-order chi connectivity index (χ1) is 12.7.